The van der Waals surface area contributed by atoms with Gasteiger partial charge in [0.1, 0.15) is 0 Å². The van der Waals surface area contributed by atoms with Crippen molar-refractivity contribution in [1.82, 2.24) is 5.32 Å². The van der Waals surface area contributed by atoms with Crippen molar-refractivity contribution in [1.29, 1.82) is 0 Å². The van der Waals surface area contributed by atoms with E-state index in [4.69, 9.17) is 0 Å². The van der Waals surface area contributed by atoms with Crippen molar-refractivity contribution < 1.29 is 0 Å². The zero-order valence-electron chi connectivity index (χ0n) is 13.0. The van der Waals surface area contributed by atoms with Gasteiger partial charge >= 0.3 is 0 Å². The monoisotopic (exact) mass is 267 g/mol. The van der Waals surface area contributed by atoms with E-state index in [1.807, 2.05) is 0 Å². The molecule has 0 saturated heterocycles. The first-order chi connectivity index (χ1) is 9.63. The molecule has 1 heteroatoms. The summed E-state index contributed by atoms with van der Waals surface area (Å²) in [7, 11) is 2.07. The second-order valence-corrected chi connectivity index (χ2v) is 5.67. The van der Waals surface area contributed by atoms with Gasteiger partial charge in [0.05, 0.1) is 0 Å². The largest absolute Gasteiger partial charge is 0.316 e. The zero-order valence-corrected chi connectivity index (χ0v) is 13.0. The molecule has 1 N–H and O–H groups in total. The van der Waals surface area contributed by atoms with Crippen LogP contribution in [-0.4, -0.2) is 13.1 Å². The molecule has 2 rings (SSSR count). The second kappa shape index (κ2) is 6.71. The lowest BCUT2D eigenvalue weighted by Gasteiger charge is -2.25. The lowest BCUT2D eigenvalue weighted by atomic mass is 9.87. The Kier molecular flexibility index (Phi) is 4.97. The normalized spacial score (nSPS) is 14.0. The predicted molar refractivity (Wildman–Crippen MR) is 87.3 cm³/mol. The van der Waals surface area contributed by atoms with E-state index in [1.165, 1.54) is 22.3 Å². The van der Waals surface area contributed by atoms with E-state index in [2.05, 4.69) is 81.7 Å². The van der Waals surface area contributed by atoms with Gasteiger partial charge < -0.3 is 5.32 Å². The maximum absolute atomic E-state index is 3.50. The molecule has 0 aromatic heterocycles. The molecule has 1 nitrogen and oxygen atoms in total. The van der Waals surface area contributed by atoms with E-state index in [0.717, 1.165) is 6.42 Å². The summed E-state index contributed by atoms with van der Waals surface area (Å²) in [5, 5.41) is 3.50. The molecule has 0 aliphatic heterocycles. The van der Waals surface area contributed by atoms with Crippen LogP contribution in [0.5, 0.6) is 0 Å². The Morgan fingerprint density at radius 3 is 2.05 bits per heavy atom. The quantitative estimate of drug-likeness (QED) is 0.854. The minimum Gasteiger partial charge on any atom is -0.316 e. The van der Waals surface area contributed by atoms with Gasteiger partial charge in [-0.3, -0.25) is 0 Å². The molecule has 0 fully saturated rings. The van der Waals surface area contributed by atoms with Crippen LogP contribution in [0.2, 0.25) is 0 Å². The molecule has 0 saturated carbocycles. The smallest absolute Gasteiger partial charge is 0.0171 e. The minimum absolute atomic E-state index is 0.456. The molecule has 106 valence electrons. The van der Waals surface area contributed by atoms with Crippen molar-refractivity contribution in [2.45, 2.75) is 39.2 Å². The molecule has 2 aromatic carbocycles. The Balaban J connectivity index is 2.21. The van der Waals surface area contributed by atoms with Crippen LogP contribution in [0.1, 0.15) is 35.1 Å². The summed E-state index contributed by atoms with van der Waals surface area (Å²) in [5.41, 5.74) is 5.67. The minimum atomic E-state index is 0.456. The first-order valence-electron chi connectivity index (χ1n) is 7.40. The van der Waals surface area contributed by atoms with Crippen LogP contribution in [0, 0.1) is 13.8 Å². The van der Waals surface area contributed by atoms with Crippen LogP contribution < -0.4 is 5.32 Å². The van der Waals surface area contributed by atoms with Crippen molar-refractivity contribution in [2.75, 3.05) is 7.05 Å². The highest BCUT2D eigenvalue weighted by atomic mass is 14.9. The van der Waals surface area contributed by atoms with E-state index >= 15 is 0 Å². The standard InChI is InChI=1S/C19H25N/c1-14-9-8-10-15(2)18(14)13-19(20-4)16(3)17-11-6-5-7-12-17/h5-12,16,19-20H,13H2,1-4H3. The average Bonchev–Trinajstić information content (AvgIpc) is 2.47. The summed E-state index contributed by atoms with van der Waals surface area (Å²) in [5.74, 6) is 0.500. The van der Waals surface area contributed by atoms with E-state index < -0.39 is 0 Å². The van der Waals surface area contributed by atoms with Gasteiger partial charge in [-0.15, -0.1) is 0 Å². The lowest BCUT2D eigenvalue weighted by Crippen LogP contribution is -2.33. The van der Waals surface area contributed by atoms with Crippen LogP contribution in [0.15, 0.2) is 48.5 Å². The zero-order chi connectivity index (χ0) is 14.5. The number of benzene rings is 2. The summed E-state index contributed by atoms with van der Waals surface area (Å²) < 4.78 is 0. The predicted octanol–water partition coefficient (Wildman–Crippen LogP) is 4.24. The molecule has 2 unspecified atom stereocenters. The molecule has 2 aromatic rings. The van der Waals surface area contributed by atoms with Crippen LogP contribution in [0.3, 0.4) is 0 Å². The highest BCUT2D eigenvalue weighted by Crippen LogP contribution is 2.24. The van der Waals surface area contributed by atoms with E-state index in [1.54, 1.807) is 0 Å². The Labute approximate surface area is 123 Å². The first kappa shape index (κ1) is 14.8. The molecule has 0 bridgehead atoms. The van der Waals surface area contributed by atoms with Crippen molar-refractivity contribution in [3.63, 3.8) is 0 Å². The van der Waals surface area contributed by atoms with Gasteiger partial charge in [0.25, 0.3) is 0 Å². The summed E-state index contributed by atoms with van der Waals surface area (Å²) in [6.07, 6.45) is 1.07. The fourth-order valence-corrected chi connectivity index (χ4v) is 2.91. The third-order valence-corrected chi connectivity index (χ3v) is 4.37. The Morgan fingerprint density at radius 2 is 1.50 bits per heavy atom. The van der Waals surface area contributed by atoms with Crippen LogP contribution in [0.25, 0.3) is 0 Å². The van der Waals surface area contributed by atoms with Gasteiger partial charge in [0.2, 0.25) is 0 Å². The van der Waals surface area contributed by atoms with E-state index in [9.17, 15) is 0 Å². The molecule has 20 heavy (non-hydrogen) atoms. The van der Waals surface area contributed by atoms with Gasteiger partial charge in [-0.1, -0.05) is 55.5 Å². The molecular weight excluding hydrogens is 242 g/mol. The average molecular weight is 267 g/mol. The number of hydrogen-bond donors (Lipinski definition) is 1. The highest BCUT2D eigenvalue weighted by Gasteiger charge is 2.19. The number of nitrogens with one attached hydrogen (secondary N) is 1. The van der Waals surface area contributed by atoms with Gasteiger partial charge in [-0.05, 0) is 55.5 Å². The summed E-state index contributed by atoms with van der Waals surface area (Å²) in [6, 6.07) is 17.8. The fourth-order valence-electron chi connectivity index (χ4n) is 2.91. The van der Waals surface area contributed by atoms with Crippen molar-refractivity contribution >= 4 is 0 Å². The molecule has 0 spiro atoms. The van der Waals surface area contributed by atoms with Gasteiger partial charge in [0, 0.05) is 6.04 Å². The third-order valence-electron chi connectivity index (χ3n) is 4.37. The topological polar surface area (TPSA) is 12.0 Å². The van der Waals surface area contributed by atoms with Crippen molar-refractivity contribution in [3.05, 3.63) is 70.8 Å². The van der Waals surface area contributed by atoms with Crippen LogP contribution in [-0.2, 0) is 6.42 Å². The number of hydrogen-bond acceptors (Lipinski definition) is 1. The molecule has 0 radical (unpaired) electrons. The van der Waals surface area contributed by atoms with Crippen molar-refractivity contribution in [3.8, 4) is 0 Å². The van der Waals surface area contributed by atoms with E-state index in [-0.39, 0.29) is 0 Å². The summed E-state index contributed by atoms with van der Waals surface area (Å²) in [4.78, 5) is 0. The Morgan fingerprint density at radius 1 is 0.900 bits per heavy atom. The lowest BCUT2D eigenvalue weighted by molar-refractivity contribution is 0.481. The third kappa shape index (κ3) is 3.29. The van der Waals surface area contributed by atoms with E-state index in [0.29, 0.717) is 12.0 Å². The Bertz CT molecular complexity index is 525. The summed E-state index contributed by atoms with van der Waals surface area (Å²) >= 11 is 0. The Hall–Kier alpha value is -1.60. The van der Waals surface area contributed by atoms with Crippen LogP contribution >= 0.6 is 0 Å². The molecule has 2 atom stereocenters. The van der Waals surface area contributed by atoms with Crippen molar-refractivity contribution in [2.24, 2.45) is 0 Å². The SMILES string of the molecule is CNC(Cc1c(C)cccc1C)C(C)c1ccccc1. The van der Waals surface area contributed by atoms with Gasteiger partial charge in [-0.25, -0.2) is 0 Å². The molecular formula is C19H25N. The molecule has 0 heterocycles. The van der Waals surface area contributed by atoms with Gasteiger partial charge in [-0.2, -0.15) is 0 Å². The maximum Gasteiger partial charge on any atom is 0.0171 e. The molecule has 0 amide bonds. The number of rotatable bonds is 5. The van der Waals surface area contributed by atoms with Gasteiger partial charge in [0.15, 0.2) is 0 Å². The number of likely N-dealkylation sites (N-methyl/N-ethyl adjacent to an activating group) is 1. The molecule has 0 aliphatic carbocycles. The van der Waals surface area contributed by atoms with Crippen LogP contribution in [0.4, 0.5) is 0 Å². The summed E-state index contributed by atoms with van der Waals surface area (Å²) in [6.45, 7) is 6.73. The highest BCUT2D eigenvalue weighted by molar-refractivity contribution is 5.35. The fraction of sp³-hybridized carbons (Fsp3) is 0.368. The maximum atomic E-state index is 3.50. The second-order valence-electron chi connectivity index (χ2n) is 5.67. The first-order valence-corrected chi connectivity index (χ1v) is 7.40. The number of aryl methyl sites for hydroxylation is 2. The molecule has 0 aliphatic rings.